The first-order valence-corrected chi connectivity index (χ1v) is 6.24. The number of nitrogens with one attached hydrogen (secondary N) is 2. The van der Waals surface area contributed by atoms with Crippen molar-refractivity contribution in [3.8, 4) is 0 Å². The number of pyridine rings is 1. The molecule has 0 radical (unpaired) electrons. The lowest BCUT2D eigenvalue weighted by molar-refractivity contribution is 0.114. The Morgan fingerprint density at radius 2 is 2.47 bits per heavy atom. The molecule has 0 spiro atoms. The summed E-state index contributed by atoms with van der Waals surface area (Å²) in [5.74, 6) is 0.764. The summed E-state index contributed by atoms with van der Waals surface area (Å²) in [7, 11) is 0. The lowest BCUT2D eigenvalue weighted by Gasteiger charge is -2.13. The summed E-state index contributed by atoms with van der Waals surface area (Å²) in [6.07, 6.45) is 4.36. The minimum Gasteiger partial charge on any atom is -0.376 e. The molecule has 0 bridgehead atoms. The third kappa shape index (κ3) is 3.94. The number of aromatic nitrogens is 1. The first-order chi connectivity index (χ1) is 8.24. The standard InChI is InChI=1S/C12H17N3OS/c1-9-4-5-11(13-7-9)15-12(17)14-8-10-3-2-6-16-10/h4-5,7,10H,2-3,6,8H2,1H3,(H2,13,14,15,17). The Labute approximate surface area is 107 Å². The molecule has 1 saturated heterocycles. The summed E-state index contributed by atoms with van der Waals surface area (Å²) >= 11 is 5.19. The van der Waals surface area contributed by atoms with E-state index in [0.29, 0.717) is 11.2 Å². The zero-order valence-electron chi connectivity index (χ0n) is 9.90. The van der Waals surface area contributed by atoms with Crippen LogP contribution in [0.4, 0.5) is 5.82 Å². The van der Waals surface area contributed by atoms with Crippen LogP contribution in [0.1, 0.15) is 18.4 Å². The van der Waals surface area contributed by atoms with Crippen molar-refractivity contribution in [2.75, 3.05) is 18.5 Å². The summed E-state index contributed by atoms with van der Waals surface area (Å²) in [5, 5.41) is 6.78. The average Bonchev–Trinajstić information content (AvgIpc) is 2.83. The van der Waals surface area contributed by atoms with Crippen molar-refractivity contribution in [3.05, 3.63) is 23.9 Å². The largest absolute Gasteiger partial charge is 0.376 e. The smallest absolute Gasteiger partial charge is 0.172 e. The van der Waals surface area contributed by atoms with Gasteiger partial charge in [0.15, 0.2) is 5.11 Å². The Hall–Kier alpha value is -1.20. The van der Waals surface area contributed by atoms with Crippen LogP contribution in [0.5, 0.6) is 0 Å². The Morgan fingerprint density at radius 1 is 1.59 bits per heavy atom. The van der Waals surface area contributed by atoms with Crippen molar-refractivity contribution in [1.29, 1.82) is 0 Å². The molecule has 0 saturated carbocycles. The minimum absolute atomic E-state index is 0.292. The van der Waals surface area contributed by atoms with E-state index in [4.69, 9.17) is 17.0 Å². The van der Waals surface area contributed by atoms with E-state index in [-0.39, 0.29) is 0 Å². The molecule has 0 aliphatic carbocycles. The van der Waals surface area contributed by atoms with Crippen LogP contribution < -0.4 is 10.6 Å². The molecule has 1 aliphatic rings. The molecule has 1 aromatic rings. The van der Waals surface area contributed by atoms with E-state index in [1.54, 1.807) is 0 Å². The fourth-order valence-corrected chi connectivity index (χ4v) is 1.90. The van der Waals surface area contributed by atoms with E-state index < -0.39 is 0 Å². The van der Waals surface area contributed by atoms with Crippen molar-refractivity contribution in [3.63, 3.8) is 0 Å². The molecule has 2 N–H and O–H groups in total. The summed E-state index contributed by atoms with van der Waals surface area (Å²) in [6, 6.07) is 3.91. The molecule has 2 heterocycles. The summed E-state index contributed by atoms with van der Waals surface area (Å²) < 4.78 is 5.50. The van der Waals surface area contributed by atoms with Gasteiger partial charge in [-0.15, -0.1) is 0 Å². The van der Waals surface area contributed by atoms with Gasteiger partial charge in [0.05, 0.1) is 6.10 Å². The highest BCUT2D eigenvalue weighted by Crippen LogP contribution is 2.10. The highest BCUT2D eigenvalue weighted by molar-refractivity contribution is 7.80. The summed E-state index contributed by atoms with van der Waals surface area (Å²) in [5.41, 5.74) is 1.13. The van der Waals surface area contributed by atoms with Crippen LogP contribution in [0.3, 0.4) is 0 Å². The zero-order valence-corrected chi connectivity index (χ0v) is 10.7. The Balaban J connectivity index is 1.74. The van der Waals surface area contributed by atoms with Gasteiger partial charge in [-0.1, -0.05) is 6.07 Å². The van der Waals surface area contributed by atoms with E-state index in [9.17, 15) is 0 Å². The fourth-order valence-electron chi connectivity index (χ4n) is 1.71. The molecule has 1 fully saturated rings. The third-order valence-electron chi connectivity index (χ3n) is 2.67. The monoisotopic (exact) mass is 251 g/mol. The second-order valence-electron chi connectivity index (χ2n) is 4.19. The zero-order chi connectivity index (χ0) is 12.1. The van der Waals surface area contributed by atoms with Crippen molar-refractivity contribution in [2.24, 2.45) is 0 Å². The van der Waals surface area contributed by atoms with Gasteiger partial charge < -0.3 is 15.4 Å². The van der Waals surface area contributed by atoms with Crippen molar-refractivity contribution < 1.29 is 4.74 Å². The molecule has 1 aromatic heterocycles. The lowest BCUT2D eigenvalue weighted by atomic mass is 10.2. The molecular formula is C12H17N3OS. The normalized spacial score (nSPS) is 19.0. The molecule has 5 heteroatoms. The van der Waals surface area contributed by atoms with Crippen LogP contribution in [0.2, 0.25) is 0 Å². The second-order valence-corrected chi connectivity index (χ2v) is 4.60. The van der Waals surface area contributed by atoms with E-state index in [2.05, 4.69) is 15.6 Å². The number of hydrogen-bond donors (Lipinski definition) is 2. The lowest BCUT2D eigenvalue weighted by Crippen LogP contribution is -2.35. The van der Waals surface area contributed by atoms with E-state index in [0.717, 1.165) is 37.4 Å². The Bertz CT molecular complexity index is 374. The van der Waals surface area contributed by atoms with E-state index in [1.165, 1.54) is 0 Å². The quantitative estimate of drug-likeness (QED) is 0.803. The number of rotatable bonds is 3. The number of aryl methyl sites for hydroxylation is 1. The van der Waals surface area contributed by atoms with Crippen LogP contribution in [0, 0.1) is 6.92 Å². The first-order valence-electron chi connectivity index (χ1n) is 5.83. The summed E-state index contributed by atoms with van der Waals surface area (Å²) in [4.78, 5) is 4.23. The van der Waals surface area contributed by atoms with Crippen LogP contribution in [0.25, 0.3) is 0 Å². The molecule has 17 heavy (non-hydrogen) atoms. The highest BCUT2D eigenvalue weighted by Gasteiger charge is 2.15. The van der Waals surface area contributed by atoms with Gasteiger partial charge in [0.1, 0.15) is 5.82 Å². The second kappa shape index (κ2) is 5.93. The van der Waals surface area contributed by atoms with Crippen LogP contribution in [0.15, 0.2) is 18.3 Å². The Kier molecular flexibility index (Phi) is 4.28. The summed E-state index contributed by atoms with van der Waals surface area (Å²) in [6.45, 7) is 3.63. The first kappa shape index (κ1) is 12.3. The number of nitrogens with zero attached hydrogens (tertiary/aromatic N) is 1. The third-order valence-corrected chi connectivity index (χ3v) is 2.91. The maximum Gasteiger partial charge on any atom is 0.172 e. The molecule has 2 rings (SSSR count). The fraction of sp³-hybridized carbons (Fsp3) is 0.500. The Morgan fingerprint density at radius 3 is 3.12 bits per heavy atom. The molecule has 4 nitrogen and oxygen atoms in total. The molecule has 1 unspecified atom stereocenters. The highest BCUT2D eigenvalue weighted by atomic mass is 32.1. The van der Waals surface area contributed by atoms with Gasteiger partial charge >= 0.3 is 0 Å². The maximum absolute atomic E-state index is 5.50. The molecule has 0 aromatic carbocycles. The maximum atomic E-state index is 5.50. The van der Waals surface area contributed by atoms with Gasteiger partial charge in [-0.25, -0.2) is 4.98 Å². The predicted octanol–water partition coefficient (Wildman–Crippen LogP) is 1.86. The number of ether oxygens (including phenoxy) is 1. The molecule has 0 amide bonds. The topological polar surface area (TPSA) is 46.2 Å². The number of thiocarbonyl (C=S) groups is 1. The van der Waals surface area contributed by atoms with E-state index in [1.807, 2.05) is 25.3 Å². The molecule has 1 aliphatic heterocycles. The van der Waals surface area contributed by atoms with Crippen LogP contribution in [-0.4, -0.2) is 29.4 Å². The van der Waals surface area contributed by atoms with Crippen molar-refractivity contribution in [2.45, 2.75) is 25.9 Å². The number of hydrogen-bond acceptors (Lipinski definition) is 3. The predicted molar refractivity (Wildman–Crippen MR) is 72.2 cm³/mol. The van der Waals surface area contributed by atoms with Gasteiger partial charge in [-0.05, 0) is 43.6 Å². The van der Waals surface area contributed by atoms with Gasteiger partial charge in [-0.2, -0.15) is 0 Å². The van der Waals surface area contributed by atoms with Gasteiger partial charge in [0.25, 0.3) is 0 Å². The van der Waals surface area contributed by atoms with Gasteiger partial charge in [0.2, 0.25) is 0 Å². The van der Waals surface area contributed by atoms with Crippen molar-refractivity contribution >= 4 is 23.1 Å². The average molecular weight is 251 g/mol. The van der Waals surface area contributed by atoms with Gasteiger partial charge in [0, 0.05) is 19.3 Å². The minimum atomic E-state index is 0.292. The van der Waals surface area contributed by atoms with Crippen LogP contribution >= 0.6 is 12.2 Å². The van der Waals surface area contributed by atoms with Crippen LogP contribution in [-0.2, 0) is 4.74 Å². The van der Waals surface area contributed by atoms with Gasteiger partial charge in [-0.3, -0.25) is 0 Å². The number of anilines is 1. The molecule has 1 atom stereocenters. The molecular weight excluding hydrogens is 234 g/mol. The van der Waals surface area contributed by atoms with Crippen molar-refractivity contribution in [1.82, 2.24) is 10.3 Å². The molecule has 92 valence electrons. The van der Waals surface area contributed by atoms with E-state index >= 15 is 0 Å². The SMILES string of the molecule is Cc1ccc(NC(=S)NCC2CCCO2)nc1.